The predicted molar refractivity (Wildman–Crippen MR) is 91.1 cm³/mol. The number of amides is 1. The van der Waals surface area contributed by atoms with Crippen molar-refractivity contribution in [1.29, 1.82) is 0 Å². The molecule has 1 amide bonds. The van der Waals surface area contributed by atoms with Crippen molar-refractivity contribution in [3.8, 4) is 0 Å². The number of ether oxygens (including phenoxy) is 1. The SMILES string of the molecule is Cc1nn(C)c(C)c1[C@@H]1OCC[C@H]1CNC(=O)c1cccc(Cl)n1. The van der Waals surface area contributed by atoms with Crippen LogP contribution in [0.5, 0.6) is 0 Å². The van der Waals surface area contributed by atoms with Gasteiger partial charge < -0.3 is 10.1 Å². The van der Waals surface area contributed by atoms with Gasteiger partial charge in [0.05, 0.1) is 11.8 Å². The van der Waals surface area contributed by atoms with Crippen molar-refractivity contribution < 1.29 is 9.53 Å². The van der Waals surface area contributed by atoms with Crippen LogP contribution in [-0.4, -0.2) is 33.8 Å². The Labute approximate surface area is 146 Å². The molecule has 1 aliphatic rings. The molecule has 7 heteroatoms. The van der Waals surface area contributed by atoms with Crippen molar-refractivity contribution in [2.75, 3.05) is 13.2 Å². The third-order valence-corrected chi connectivity index (χ3v) is 4.75. The van der Waals surface area contributed by atoms with E-state index in [0.29, 0.717) is 24.0 Å². The monoisotopic (exact) mass is 348 g/mol. The van der Waals surface area contributed by atoms with Gasteiger partial charge in [0, 0.05) is 37.4 Å². The highest BCUT2D eigenvalue weighted by molar-refractivity contribution is 6.29. The lowest BCUT2D eigenvalue weighted by Gasteiger charge is -2.19. The number of hydrogen-bond donors (Lipinski definition) is 1. The molecule has 0 bridgehead atoms. The van der Waals surface area contributed by atoms with Crippen LogP contribution in [0.2, 0.25) is 5.15 Å². The number of pyridine rings is 1. The number of hydrogen-bond acceptors (Lipinski definition) is 4. The lowest BCUT2D eigenvalue weighted by molar-refractivity contribution is 0.0838. The van der Waals surface area contributed by atoms with Gasteiger partial charge in [-0.25, -0.2) is 4.98 Å². The van der Waals surface area contributed by atoms with Gasteiger partial charge in [-0.2, -0.15) is 5.10 Å². The predicted octanol–water partition coefficient (Wildman–Crippen LogP) is 2.59. The van der Waals surface area contributed by atoms with Gasteiger partial charge in [-0.3, -0.25) is 9.48 Å². The number of aromatic nitrogens is 3. The van der Waals surface area contributed by atoms with E-state index in [4.69, 9.17) is 16.3 Å². The van der Waals surface area contributed by atoms with Crippen LogP contribution in [0.15, 0.2) is 18.2 Å². The van der Waals surface area contributed by atoms with E-state index in [1.165, 1.54) is 0 Å². The first-order valence-electron chi connectivity index (χ1n) is 8.00. The molecule has 2 aromatic rings. The van der Waals surface area contributed by atoms with Gasteiger partial charge >= 0.3 is 0 Å². The molecule has 0 spiro atoms. The van der Waals surface area contributed by atoms with Crippen LogP contribution in [0, 0.1) is 19.8 Å². The first kappa shape index (κ1) is 16.9. The summed E-state index contributed by atoms with van der Waals surface area (Å²) in [7, 11) is 1.93. The van der Waals surface area contributed by atoms with Crippen LogP contribution < -0.4 is 5.32 Å². The van der Waals surface area contributed by atoms with E-state index in [1.54, 1.807) is 18.2 Å². The molecule has 1 N–H and O–H groups in total. The Morgan fingerprint density at radius 2 is 2.25 bits per heavy atom. The van der Waals surface area contributed by atoms with Gasteiger partial charge in [0.25, 0.3) is 5.91 Å². The second kappa shape index (κ2) is 6.91. The average Bonchev–Trinajstić information content (AvgIpc) is 3.09. The van der Waals surface area contributed by atoms with Crippen LogP contribution in [0.1, 0.15) is 40.0 Å². The fraction of sp³-hybridized carbons (Fsp3) is 0.471. The minimum atomic E-state index is -0.220. The van der Waals surface area contributed by atoms with Crippen molar-refractivity contribution in [2.45, 2.75) is 26.4 Å². The topological polar surface area (TPSA) is 69.0 Å². The van der Waals surface area contributed by atoms with Crippen LogP contribution >= 0.6 is 11.6 Å². The van der Waals surface area contributed by atoms with Crippen LogP contribution in [0.4, 0.5) is 0 Å². The molecule has 2 atom stereocenters. The van der Waals surface area contributed by atoms with Crippen molar-refractivity contribution in [1.82, 2.24) is 20.1 Å². The quantitative estimate of drug-likeness (QED) is 0.862. The van der Waals surface area contributed by atoms with Crippen molar-refractivity contribution >= 4 is 17.5 Å². The Bertz CT molecular complexity index is 759. The number of halogens is 1. The summed E-state index contributed by atoms with van der Waals surface area (Å²) in [6, 6.07) is 5.01. The van der Waals surface area contributed by atoms with E-state index in [2.05, 4.69) is 15.4 Å². The van der Waals surface area contributed by atoms with E-state index < -0.39 is 0 Å². The molecule has 6 nitrogen and oxygen atoms in total. The maximum Gasteiger partial charge on any atom is 0.269 e. The zero-order valence-electron chi connectivity index (χ0n) is 14.0. The molecule has 1 fully saturated rings. The smallest absolute Gasteiger partial charge is 0.269 e. The highest BCUT2D eigenvalue weighted by atomic mass is 35.5. The number of carbonyl (C=O) groups is 1. The minimum absolute atomic E-state index is 0.0358. The second-order valence-corrected chi connectivity index (χ2v) is 6.49. The zero-order valence-corrected chi connectivity index (χ0v) is 14.8. The van der Waals surface area contributed by atoms with Crippen molar-refractivity contribution in [3.05, 3.63) is 46.0 Å². The molecule has 0 radical (unpaired) electrons. The van der Waals surface area contributed by atoms with Crippen molar-refractivity contribution in [3.63, 3.8) is 0 Å². The lowest BCUT2D eigenvalue weighted by atomic mass is 9.94. The van der Waals surface area contributed by atoms with E-state index in [-0.39, 0.29) is 17.9 Å². The molecule has 24 heavy (non-hydrogen) atoms. The van der Waals surface area contributed by atoms with Gasteiger partial charge in [-0.15, -0.1) is 0 Å². The molecule has 1 aliphatic heterocycles. The number of aryl methyl sites for hydroxylation is 2. The number of nitrogens with one attached hydrogen (secondary N) is 1. The van der Waals surface area contributed by atoms with Crippen molar-refractivity contribution in [2.24, 2.45) is 13.0 Å². The Kier molecular flexibility index (Phi) is 4.87. The number of nitrogens with zero attached hydrogens (tertiary/aromatic N) is 3. The molecule has 0 aromatic carbocycles. The fourth-order valence-corrected chi connectivity index (χ4v) is 3.38. The van der Waals surface area contributed by atoms with Gasteiger partial charge in [0.15, 0.2) is 0 Å². The molecular formula is C17H21ClN4O2. The normalized spacial score (nSPS) is 20.3. The maximum atomic E-state index is 12.2. The van der Waals surface area contributed by atoms with Gasteiger partial charge in [-0.1, -0.05) is 17.7 Å². The van der Waals surface area contributed by atoms with Crippen LogP contribution in [-0.2, 0) is 11.8 Å². The molecule has 0 saturated carbocycles. The summed E-state index contributed by atoms with van der Waals surface area (Å²) in [4.78, 5) is 16.3. The molecule has 1 saturated heterocycles. The highest BCUT2D eigenvalue weighted by Gasteiger charge is 2.33. The van der Waals surface area contributed by atoms with E-state index in [0.717, 1.165) is 23.4 Å². The Morgan fingerprint density at radius 1 is 1.46 bits per heavy atom. The average molecular weight is 349 g/mol. The van der Waals surface area contributed by atoms with Gasteiger partial charge in [-0.05, 0) is 32.4 Å². The number of carbonyl (C=O) groups excluding carboxylic acids is 1. The third kappa shape index (κ3) is 3.30. The summed E-state index contributed by atoms with van der Waals surface area (Å²) >= 11 is 5.84. The molecule has 3 rings (SSSR count). The Hall–Kier alpha value is -1.92. The highest BCUT2D eigenvalue weighted by Crippen LogP contribution is 2.37. The van der Waals surface area contributed by atoms with Crippen LogP contribution in [0.3, 0.4) is 0 Å². The summed E-state index contributed by atoms with van der Waals surface area (Å²) in [5, 5.41) is 7.72. The summed E-state index contributed by atoms with van der Waals surface area (Å²) in [6.45, 7) is 5.26. The summed E-state index contributed by atoms with van der Waals surface area (Å²) in [6.07, 6.45) is 0.869. The molecule has 0 aliphatic carbocycles. The summed E-state index contributed by atoms with van der Waals surface area (Å²) < 4.78 is 7.82. The van der Waals surface area contributed by atoms with E-state index >= 15 is 0 Å². The first-order chi connectivity index (χ1) is 11.5. The molecule has 3 heterocycles. The first-order valence-corrected chi connectivity index (χ1v) is 8.37. The minimum Gasteiger partial charge on any atom is -0.373 e. The third-order valence-electron chi connectivity index (χ3n) is 4.54. The lowest BCUT2D eigenvalue weighted by Crippen LogP contribution is -2.31. The molecule has 2 aromatic heterocycles. The Morgan fingerprint density at radius 3 is 2.92 bits per heavy atom. The molecule has 128 valence electrons. The fourth-order valence-electron chi connectivity index (χ4n) is 3.21. The molecule has 0 unspecified atom stereocenters. The molecular weight excluding hydrogens is 328 g/mol. The van der Waals surface area contributed by atoms with E-state index in [1.807, 2.05) is 25.6 Å². The summed E-state index contributed by atoms with van der Waals surface area (Å²) in [5.41, 5.74) is 3.55. The van der Waals surface area contributed by atoms with Gasteiger partial charge in [0.1, 0.15) is 10.8 Å². The zero-order chi connectivity index (χ0) is 17.3. The Balaban J connectivity index is 1.69. The largest absolute Gasteiger partial charge is 0.373 e. The number of rotatable bonds is 4. The van der Waals surface area contributed by atoms with Gasteiger partial charge in [0.2, 0.25) is 0 Å². The standard InChI is InChI=1S/C17H21ClN4O2/c1-10-15(11(2)22(3)21-10)16-12(7-8-24-16)9-19-17(23)13-5-4-6-14(18)20-13/h4-6,12,16H,7-9H2,1-3H3,(H,19,23)/t12-,16+/m0/s1. The second-order valence-electron chi connectivity index (χ2n) is 6.10. The van der Waals surface area contributed by atoms with E-state index in [9.17, 15) is 4.79 Å². The van der Waals surface area contributed by atoms with Crippen LogP contribution in [0.25, 0.3) is 0 Å². The summed E-state index contributed by atoms with van der Waals surface area (Å²) in [5.74, 6) is -0.00230. The maximum absolute atomic E-state index is 12.2.